The summed E-state index contributed by atoms with van der Waals surface area (Å²) < 4.78 is 1.94. The van der Waals surface area contributed by atoms with E-state index >= 15 is 0 Å². The van der Waals surface area contributed by atoms with Crippen LogP contribution in [-0.4, -0.2) is 15.3 Å². The van der Waals surface area contributed by atoms with E-state index < -0.39 is 0 Å². The number of amides is 1. The van der Waals surface area contributed by atoms with E-state index in [0.29, 0.717) is 16.2 Å². The first kappa shape index (κ1) is 16.5. The zero-order valence-corrected chi connectivity index (χ0v) is 14.8. The highest BCUT2D eigenvalue weighted by atomic mass is 35.5. The summed E-state index contributed by atoms with van der Waals surface area (Å²) in [5, 5.41) is 3.79. The lowest BCUT2D eigenvalue weighted by Gasteiger charge is -2.17. The third kappa shape index (κ3) is 3.15. The van der Waals surface area contributed by atoms with E-state index in [0.717, 1.165) is 23.4 Å². The largest absolute Gasteiger partial charge is 0.345 e. The molecule has 0 fully saturated rings. The number of hydrogen-bond acceptors (Lipinski definition) is 2. The summed E-state index contributed by atoms with van der Waals surface area (Å²) in [5.41, 5.74) is 4.28. The van der Waals surface area contributed by atoms with Crippen molar-refractivity contribution in [3.63, 3.8) is 0 Å². The smallest absolute Gasteiger partial charge is 0.255 e. The molecule has 1 atom stereocenters. The van der Waals surface area contributed by atoms with Crippen LogP contribution in [-0.2, 0) is 0 Å². The molecule has 0 bridgehead atoms. The molecule has 1 amide bonds. The van der Waals surface area contributed by atoms with E-state index in [9.17, 15) is 4.79 Å². The fourth-order valence-electron chi connectivity index (χ4n) is 2.92. The van der Waals surface area contributed by atoms with E-state index in [1.165, 1.54) is 0 Å². The molecular formula is C19H20ClN3O. The number of aryl methyl sites for hydroxylation is 2. The molecule has 24 heavy (non-hydrogen) atoms. The third-order valence-corrected chi connectivity index (χ3v) is 4.42. The van der Waals surface area contributed by atoms with Crippen LogP contribution in [0.1, 0.15) is 46.7 Å². The van der Waals surface area contributed by atoms with Crippen molar-refractivity contribution in [3.05, 3.63) is 70.1 Å². The van der Waals surface area contributed by atoms with E-state index in [-0.39, 0.29) is 11.9 Å². The quantitative estimate of drug-likeness (QED) is 0.760. The summed E-state index contributed by atoms with van der Waals surface area (Å²) in [6.07, 6.45) is 2.68. The average molecular weight is 342 g/mol. The van der Waals surface area contributed by atoms with Crippen molar-refractivity contribution in [1.82, 2.24) is 14.7 Å². The summed E-state index contributed by atoms with van der Waals surface area (Å²) in [7, 11) is 0. The molecule has 0 spiro atoms. The monoisotopic (exact) mass is 341 g/mol. The van der Waals surface area contributed by atoms with Crippen molar-refractivity contribution in [2.75, 3.05) is 0 Å². The Kier molecular flexibility index (Phi) is 4.58. The number of halogens is 1. The molecular weight excluding hydrogens is 322 g/mol. The first-order valence-corrected chi connectivity index (χ1v) is 8.39. The van der Waals surface area contributed by atoms with E-state index in [2.05, 4.69) is 10.3 Å². The highest BCUT2D eigenvalue weighted by molar-refractivity contribution is 6.30. The highest BCUT2D eigenvalue weighted by Gasteiger charge is 2.18. The molecule has 0 saturated carbocycles. The minimum atomic E-state index is -0.114. The van der Waals surface area contributed by atoms with Gasteiger partial charge in [-0.1, -0.05) is 30.7 Å². The van der Waals surface area contributed by atoms with Gasteiger partial charge in [-0.3, -0.25) is 4.79 Å². The lowest BCUT2D eigenvalue weighted by Crippen LogP contribution is -2.28. The lowest BCUT2D eigenvalue weighted by atomic mass is 10.0. The van der Waals surface area contributed by atoms with Crippen LogP contribution in [0.2, 0.25) is 5.02 Å². The van der Waals surface area contributed by atoms with Gasteiger partial charge >= 0.3 is 0 Å². The van der Waals surface area contributed by atoms with Gasteiger partial charge < -0.3 is 9.72 Å². The number of benzene rings is 1. The van der Waals surface area contributed by atoms with Gasteiger partial charge in [-0.25, -0.2) is 4.98 Å². The Hall–Kier alpha value is -2.33. The van der Waals surface area contributed by atoms with Crippen LogP contribution in [0.3, 0.4) is 0 Å². The van der Waals surface area contributed by atoms with Gasteiger partial charge in [-0.05, 0) is 50.1 Å². The standard InChI is InChI=1S/C19H20ClN3O/c1-4-17(14-5-7-15(20)8-6-14)22-19(24)16-9-10-23-13(3)11-12(2)21-18(16)23/h5-11,17H,4H2,1-3H3,(H,22,24). The molecule has 3 rings (SSSR count). The fraction of sp³-hybridized carbons (Fsp3) is 0.263. The molecule has 2 aromatic heterocycles. The summed E-state index contributed by atoms with van der Waals surface area (Å²) in [6, 6.07) is 11.3. The molecule has 4 nitrogen and oxygen atoms in total. The molecule has 0 aliphatic carbocycles. The van der Waals surface area contributed by atoms with E-state index in [1.54, 1.807) is 0 Å². The number of carbonyl (C=O) groups excluding carboxylic acids is 1. The SMILES string of the molecule is CCC(NC(=O)c1ccn2c(C)cc(C)nc12)c1ccc(Cl)cc1. The molecule has 3 aromatic rings. The molecule has 5 heteroatoms. The van der Waals surface area contributed by atoms with Crippen molar-refractivity contribution in [2.24, 2.45) is 0 Å². The van der Waals surface area contributed by atoms with E-state index in [4.69, 9.17) is 11.6 Å². The summed E-state index contributed by atoms with van der Waals surface area (Å²) >= 11 is 5.94. The van der Waals surface area contributed by atoms with Crippen molar-refractivity contribution in [3.8, 4) is 0 Å². The number of fused-ring (bicyclic) bond motifs is 1. The minimum Gasteiger partial charge on any atom is -0.345 e. The highest BCUT2D eigenvalue weighted by Crippen LogP contribution is 2.21. The molecule has 0 aliphatic heterocycles. The normalized spacial score (nSPS) is 12.3. The predicted octanol–water partition coefficient (Wildman–Crippen LogP) is 4.49. The summed E-state index contributed by atoms with van der Waals surface area (Å²) in [4.78, 5) is 17.3. The van der Waals surface area contributed by atoms with Crippen molar-refractivity contribution < 1.29 is 4.79 Å². The molecule has 1 unspecified atom stereocenters. The molecule has 124 valence electrons. The number of nitrogens with zero attached hydrogens (tertiary/aromatic N) is 2. The maximum absolute atomic E-state index is 12.8. The van der Waals surface area contributed by atoms with Gasteiger partial charge in [0.15, 0.2) is 0 Å². The van der Waals surface area contributed by atoms with Crippen LogP contribution in [0.4, 0.5) is 0 Å². The fourth-order valence-corrected chi connectivity index (χ4v) is 3.05. The number of rotatable bonds is 4. The first-order chi connectivity index (χ1) is 11.5. The van der Waals surface area contributed by atoms with Gasteiger partial charge in [0.1, 0.15) is 5.65 Å². The zero-order chi connectivity index (χ0) is 17.3. The predicted molar refractivity (Wildman–Crippen MR) is 96.6 cm³/mol. The van der Waals surface area contributed by atoms with Gasteiger partial charge in [0.05, 0.1) is 11.6 Å². The average Bonchev–Trinajstić information content (AvgIpc) is 2.97. The third-order valence-electron chi connectivity index (χ3n) is 4.17. The maximum atomic E-state index is 12.8. The second-order valence-electron chi connectivity index (χ2n) is 5.95. The Balaban J connectivity index is 1.90. The van der Waals surface area contributed by atoms with Crippen LogP contribution in [0.25, 0.3) is 5.65 Å². The van der Waals surface area contributed by atoms with Gasteiger partial charge in [0.2, 0.25) is 0 Å². The Morgan fingerprint density at radius 1 is 1.25 bits per heavy atom. The molecule has 1 N–H and O–H groups in total. The Morgan fingerprint density at radius 2 is 1.96 bits per heavy atom. The van der Waals surface area contributed by atoms with Crippen molar-refractivity contribution >= 4 is 23.2 Å². The van der Waals surface area contributed by atoms with Crippen molar-refractivity contribution in [1.29, 1.82) is 0 Å². The van der Waals surface area contributed by atoms with Gasteiger partial charge in [-0.15, -0.1) is 0 Å². The van der Waals surface area contributed by atoms with Crippen molar-refractivity contribution in [2.45, 2.75) is 33.2 Å². The van der Waals surface area contributed by atoms with Gasteiger partial charge in [0, 0.05) is 22.6 Å². The Labute approximate surface area is 146 Å². The first-order valence-electron chi connectivity index (χ1n) is 8.01. The Bertz CT molecular complexity index is 884. The van der Waals surface area contributed by atoms with Crippen LogP contribution < -0.4 is 5.32 Å². The summed E-state index contributed by atoms with van der Waals surface area (Å²) in [5.74, 6) is -0.114. The van der Waals surface area contributed by atoms with Crippen LogP contribution >= 0.6 is 11.6 Å². The van der Waals surface area contributed by atoms with Gasteiger partial charge in [0.25, 0.3) is 5.91 Å². The van der Waals surface area contributed by atoms with Crippen LogP contribution in [0, 0.1) is 13.8 Å². The topological polar surface area (TPSA) is 46.4 Å². The molecule has 2 heterocycles. The molecule has 0 radical (unpaired) electrons. The van der Waals surface area contributed by atoms with Crippen LogP contribution in [0.15, 0.2) is 42.6 Å². The summed E-state index contributed by atoms with van der Waals surface area (Å²) in [6.45, 7) is 5.99. The number of aromatic nitrogens is 2. The number of hydrogen-bond donors (Lipinski definition) is 1. The lowest BCUT2D eigenvalue weighted by molar-refractivity contribution is 0.0937. The van der Waals surface area contributed by atoms with Gasteiger partial charge in [-0.2, -0.15) is 0 Å². The second kappa shape index (κ2) is 6.65. The molecule has 0 saturated heterocycles. The maximum Gasteiger partial charge on any atom is 0.255 e. The van der Waals surface area contributed by atoms with E-state index in [1.807, 2.05) is 67.8 Å². The zero-order valence-electron chi connectivity index (χ0n) is 14.0. The molecule has 0 aliphatic rings. The minimum absolute atomic E-state index is 0.0596. The molecule has 1 aromatic carbocycles. The number of nitrogens with one attached hydrogen (secondary N) is 1. The second-order valence-corrected chi connectivity index (χ2v) is 6.38. The number of carbonyl (C=O) groups is 1. The Morgan fingerprint density at radius 3 is 2.62 bits per heavy atom. The van der Waals surface area contributed by atoms with Crippen LogP contribution in [0.5, 0.6) is 0 Å².